The molecule has 0 aliphatic heterocycles. The predicted octanol–water partition coefficient (Wildman–Crippen LogP) is 1.34. The van der Waals surface area contributed by atoms with Gasteiger partial charge in [-0.2, -0.15) is 0 Å². The maximum atomic E-state index is 5.56. The second kappa shape index (κ2) is 4.83. The van der Waals surface area contributed by atoms with E-state index in [1.54, 1.807) is 18.5 Å². The summed E-state index contributed by atoms with van der Waals surface area (Å²) >= 11 is 0. The van der Waals surface area contributed by atoms with E-state index in [9.17, 15) is 0 Å². The van der Waals surface area contributed by atoms with Gasteiger partial charge in [-0.05, 0) is 18.6 Å². The van der Waals surface area contributed by atoms with Gasteiger partial charge in [-0.1, -0.05) is 29.8 Å². The fraction of sp³-hybridized carbons (Fsp3) is 0.167. The van der Waals surface area contributed by atoms with E-state index < -0.39 is 0 Å². The third kappa shape index (κ3) is 2.24. The largest absolute Gasteiger partial charge is 0.270 e. The number of benzene rings is 1. The van der Waals surface area contributed by atoms with Crippen molar-refractivity contribution in [2.45, 2.75) is 13.0 Å². The Balaban J connectivity index is 2.37. The number of aromatic nitrogens is 2. The average Bonchev–Trinajstić information content (AvgIpc) is 2.31. The number of nitrogens with one attached hydrogen (secondary N) is 1. The Morgan fingerprint density at radius 2 is 1.94 bits per heavy atom. The van der Waals surface area contributed by atoms with Crippen molar-refractivity contribution in [3.63, 3.8) is 0 Å². The van der Waals surface area contributed by atoms with Gasteiger partial charge in [-0.15, -0.1) is 0 Å². The number of rotatable bonds is 3. The number of hydrazine groups is 1. The van der Waals surface area contributed by atoms with E-state index in [4.69, 9.17) is 5.84 Å². The number of nitrogens with two attached hydrogens (primary N) is 1. The summed E-state index contributed by atoms with van der Waals surface area (Å²) in [5.74, 6) is 6.23. The molecule has 1 atom stereocenters. The summed E-state index contributed by atoms with van der Waals surface area (Å²) in [5, 5.41) is 0. The lowest BCUT2D eigenvalue weighted by molar-refractivity contribution is 0.601. The first-order valence-corrected chi connectivity index (χ1v) is 5.11. The standard InChI is InChI=1S/C12H14N4/c1-9-4-2-5-10(8-9)11(16-13)12-14-6-3-7-15-12/h2-8,11,16H,13H2,1H3. The van der Waals surface area contributed by atoms with E-state index in [1.165, 1.54) is 5.56 Å². The molecular weight excluding hydrogens is 200 g/mol. The van der Waals surface area contributed by atoms with Crippen molar-refractivity contribution in [3.05, 3.63) is 59.7 Å². The van der Waals surface area contributed by atoms with E-state index in [0.29, 0.717) is 5.82 Å². The Labute approximate surface area is 94.5 Å². The minimum atomic E-state index is -0.166. The highest BCUT2D eigenvalue weighted by Crippen LogP contribution is 2.18. The van der Waals surface area contributed by atoms with Gasteiger partial charge in [-0.25, -0.2) is 15.4 Å². The van der Waals surface area contributed by atoms with E-state index in [-0.39, 0.29) is 6.04 Å². The first-order valence-electron chi connectivity index (χ1n) is 5.11. The summed E-state index contributed by atoms with van der Waals surface area (Å²) in [6, 6.07) is 9.74. The first-order chi connectivity index (χ1) is 7.81. The number of hydrogen-bond donors (Lipinski definition) is 2. The molecule has 1 unspecified atom stereocenters. The zero-order valence-corrected chi connectivity index (χ0v) is 9.09. The summed E-state index contributed by atoms with van der Waals surface area (Å²) in [6.45, 7) is 2.04. The average molecular weight is 214 g/mol. The van der Waals surface area contributed by atoms with Crippen LogP contribution in [0.25, 0.3) is 0 Å². The molecule has 2 rings (SSSR count). The molecule has 4 heteroatoms. The highest BCUT2D eigenvalue weighted by molar-refractivity contribution is 5.28. The first kappa shape index (κ1) is 10.7. The van der Waals surface area contributed by atoms with Crippen LogP contribution < -0.4 is 11.3 Å². The van der Waals surface area contributed by atoms with Crippen LogP contribution in [0.2, 0.25) is 0 Å². The molecule has 0 aliphatic carbocycles. The molecule has 0 amide bonds. The van der Waals surface area contributed by atoms with Crippen molar-refractivity contribution in [1.82, 2.24) is 15.4 Å². The Hall–Kier alpha value is -1.78. The van der Waals surface area contributed by atoms with Gasteiger partial charge >= 0.3 is 0 Å². The molecule has 0 fully saturated rings. The van der Waals surface area contributed by atoms with Crippen molar-refractivity contribution in [1.29, 1.82) is 0 Å². The molecule has 4 nitrogen and oxygen atoms in total. The Kier molecular flexibility index (Phi) is 3.24. The van der Waals surface area contributed by atoms with Crippen molar-refractivity contribution in [3.8, 4) is 0 Å². The Morgan fingerprint density at radius 3 is 2.56 bits per heavy atom. The third-order valence-corrected chi connectivity index (χ3v) is 2.39. The molecule has 0 aliphatic rings. The van der Waals surface area contributed by atoms with Crippen molar-refractivity contribution >= 4 is 0 Å². The van der Waals surface area contributed by atoms with Gasteiger partial charge < -0.3 is 0 Å². The molecule has 1 aromatic carbocycles. The fourth-order valence-electron chi connectivity index (χ4n) is 1.63. The molecule has 0 bridgehead atoms. The molecule has 1 aromatic heterocycles. The lowest BCUT2D eigenvalue weighted by Crippen LogP contribution is -2.30. The highest BCUT2D eigenvalue weighted by Gasteiger charge is 2.14. The van der Waals surface area contributed by atoms with Gasteiger partial charge in [-0.3, -0.25) is 5.84 Å². The quantitative estimate of drug-likeness (QED) is 0.597. The molecule has 0 saturated carbocycles. The Morgan fingerprint density at radius 1 is 1.19 bits per heavy atom. The SMILES string of the molecule is Cc1cccc(C(NN)c2ncccn2)c1. The van der Waals surface area contributed by atoms with Crippen LogP contribution in [0, 0.1) is 6.92 Å². The minimum Gasteiger partial charge on any atom is -0.270 e. The maximum Gasteiger partial charge on any atom is 0.150 e. The molecule has 0 saturated heterocycles. The number of hydrogen-bond acceptors (Lipinski definition) is 4. The molecule has 0 spiro atoms. The van der Waals surface area contributed by atoms with Crippen LogP contribution in [-0.4, -0.2) is 9.97 Å². The lowest BCUT2D eigenvalue weighted by atomic mass is 10.0. The van der Waals surface area contributed by atoms with Crippen molar-refractivity contribution in [2.24, 2.45) is 5.84 Å². The van der Waals surface area contributed by atoms with E-state index in [1.807, 2.05) is 25.1 Å². The van der Waals surface area contributed by atoms with Crippen LogP contribution in [-0.2, 0) is 0 Å². The summed E-state index contributed by atoms with van der Waals surface area (Å²) in [5.41, 5.74) is 4.99. The topological polar surface area (TPSA) is 63.8 Å². The van der Waals surface area contributed by atoms with Crippen LogP contribution in [0.4, 0.5) is 0 Å². The van der Waals surface area contributed by atoms with Crippen LogP contribution in [0.15, 0.2) is 42.7 Å². The predicted molar refractivity (Wildman–Crippen MR) is 62.4 cm³/mol. The van der Waals surface area contributed by atoms with Gasteiger partial charge in [0.05, 0.1) is 0 Å². The smallest absolute Gasteiger partial charge is 0.150 e. The van der Waals surface area contributed by atoms with Gasteiger partial charge in [0.2, 0.25) is 0 Å². The Bertz CT molecular complexity index is 456. The normalized spacial score (nSPS) is 12.4. The van der Waals surface area contributed by atoms with E-state index >= 15 is 0 Å². The molecule has 2 aromatic rings. The second-order valence-corrected chi connectivity index (χ2v) is 3.62. The van der Waals surface area contributed by atoms with Gasteiger partial charge in [0, 0.05) is 12.4 Å². The van der Waals surface area contributed by atoms with Gasteiger partial charge in [0.1, 0.15) is 6.04 Å². The van der Waals surface area contributed by atoms with Crippen molar-refractivity contribution in [2.75, 3.05) is 0 Å². The summed E-state index contributed by atoms with van der Waals surface area (Å²) < 4.78 is 0. The molecular formula is C12H14N4. The monoisotopic (exact) mass is 214 g/mol. The lowest BCUT2D eigenvalue weighted by Gasteiger charge is -2.14. The molecule has 0 radical (unpaired) electrons. The maximum absolute atomic E-state index is 5.56. The fourth-order valence-corrected chi connectivity index (χ4v) is 1.63. The highest BCUT2D eigenvalue weighted by atomic mass is 15.2. The van der Waals surface area contributed by atoms with Gasteiger partial charge in [0.15, 0.2) is 5.82 Å². The van der Waals surface area contributed by atoms with Crippen LogP contribution in [0.1, 0.15) is 23.0 Å². The van der Waals surface area contributed by atoms with E-state index in [0.717, 1.165) is 5.56 Å². The number of aryl methyl sites for hydroxylation is 1. The molecule has 3 N–H and O–H groups in total. The van der Waals surface area contributed by atoms with Crippen molar-refractivity contribution < 1.29 is 0 Å². The molecule has 16 heavy (non-hydrogen) atoms. The van der Waals surface area contributed by atoms with Gasteiger partial charge in [0.25, 0.3) is 0 Å². The zero-order chi connectivity index (χ0) is 11.4. The minimum absolute atomic E-state index is 0.166. The summed E-state index contributed by atoms with van der Waals surface area (Å²) in [7, 11) is 0. The van der Waals surface area contributed by atoms with E-state index in [2.05, 4.69) is 21.5 Å². The molecule has 82 valence electrons. The van der Waals surface area contributed by atoms with Crippen LogP contribution >= 0.6 is 0 Å². The zero-order valence-electron chi connectivity index (χ0n) is 9.09. The second-order valence-electron chi connectivity index (χ2n) is 3.62. The third-order valence-electron chi connectivity index (χ3n) is 2.39. The van der Waals surface area contributed by atoms with Crippen LogP contribution in [0.5, 0.6) is 0 Å². The van der Waals surface area contributed by atoms with Crippen LogP contribution in [0.3, 0.4) is 0 Å². The summed E-state index contributed by atoms with van der Waals surface area (Å²) in [4.78, 5) is 8.40. The molecule has 1 heterocycles. The number of nitrogens with zero attached hydrogens (tertiary/aromatic N) is 2. The summed E-state index contributed by atoms with van der Waals surface area (Å²) in [6.07, 6.45) is 3.42.